The minimum absolute atomic E-state index is 0.201. The van der Waals surface area contributed by atoms with E-state index < -0.39 is 0 Å². The van der Waals surface area contributed by atoms with Gasteiger partial charge in [-0.2, -0.15) is 11.8 Å². The quantitative estimate of drug-likeness (QED) is 0.898. The van der Waals surface area contributed by atoms with Gasteiger partial charge in [-0.3, -0.25) is 0 Å². The van der Waals surface area contributed by atoms with Gasteiger partial charge in [0.05, 0.1) is 0 Å². The summed E-state index contributed by atoms with van der Waals surface area (Å²) < 4.78 is 0. The van der Waals surface area contributed by atoms with Crippen LogP contribution >= 0.6 is 23.4 Å². The van der Waals surface area contributed by atoms with Crippen molar-refractivity contribution in [2.45, 2.75) is 43.4 Å². The maximum Gasteiger partial charge on any atom is 0.0444 e. The third kappa shape index (κ3) is 2.55. The topological polar surface area (TPSA) is 26.0 Å². The molecule has 1 aliphatic heterocycles. The standard InChI is InChI=1S/C16H22ClNS/c17-15-9-13(16(11-18)6-1-2-7-16)3-4-14(15)12-5-8-19-10-12/h3-4,9,12H,1-2,5-8,10-11,18H2. The molecule has 1 saturated heterocycles. The van der Waals surface area contributed by atoms with Gasteiger partial charge in [0.1, 0.15) is 0 Å². The third-order valence-corrected chi connectivity index (χ3v) is 6.42. The molecule has 1 atom stereocenters. The summed E-state index contributed by atoms with van der Waals surface area (Å²) in [4.78, 5) is 0. The summed E-state index contributed by atoms with van der Waals surface area (Å²) in [5.74, 6) is 3.15. The van der Waals surface area contributed by atoms with Gasteiger partial charge in [0.15, 0.2) is 0 Å². The summed E-state index contributed by atoms with van der Waals surface area (Å²) in [7, 11) is 0. The van der Waals surface area contributed by atoms with Crippen LogP contribution in [0.1, 0.15) is 49.1 Å². The number of hydrogen-bond acceptors (Lipinski definition) is 2. The molecule has 2 fully saturated rings. The van der Waals surface area contributed by atoms with Crippen LogP contribution in [0.4, 0.5) is 0 Å². The van der Waals surface area contributed by atoms with Crippen molar-refractivity contribution in [1.82, 2.24) is 0 Å². The second-order valence-corrected chi connectivity index (χ2v) is 7.55. The molecule has 3 heteroatoms. The molecule has 0 bridgehead atoms. The van der Waals surface area contributed by atoms with E-state index in [2.05, 4.69) is 18.2 Å². The SMILES string of the molecule is NCC1(c2ccc(C3CCSC3)c(Cl)c2)CCCC1. The third-order valence-electron chi connectivity index (χ3n) is 4.93. The second kappa shape index (κ2) is 5.67. The van der Waals surface area contributed by atoms with E-state index in [9.17, 15) is 0 Å². The van der Waals surface area contributed by atoms with Crippen molar-refractivity contribution in [2.75, 3.05) is 18.1 Å². The number of halogens is 1. The van der Waals surface area contributed by atoms with Crippen LogP contribution in [0.3, 0.4) is 0 Å². The molecule has 0 amide bonds. The van der Waals surface area contributed by atoms with Crippen LogP contribution < -0.4 is 5.73 Å². The lowest BCUT2D eigenvalue weighted by Crippen LogP contribution is -2.32. The molecule has 1 heterocycles. The van der Waals surface area contributed by atoms with Gasteiger partial charge in [0.2, 0.25) is 0 Å². The van der Waals surface area contributed by atoms with Crippen molar-refractivity contribution in [2.24, 2.45) is 5.73 Å². The van der Waals surface area contributed by atoms with Crippen LogP contribution in [0, 0.1) is 0 Å². The van der Waals surface area contributed by atoms with Gasteiger partial charge >= 0.3 is 0 Å². The maximum absolute atomic E-state index is 6.56. The molecule has 1 saturated carbocycles. The monoisotopic (exact) mass is 295 g/mol. The van der Waals surface area contributed by atoms with Gasteiger partial charge in [-0.05, 0) is 48.1 Å². The van der Waals surface area contributed by atoms with Crippen molar-refractivity contribution >= 4 is 23.4 Å². The van der Waals surface area contributed by atoms with Gasteiger partial charge in [0, 0.05) is 22.7 Å². The van der Waals surface area contributed by atoms with Gasteiger partial charge < -0.3 is 5.73 Å². The predicted octanol–water partition coefficient (Wildman–Crippen LogP) is 4.33. The Bertz CT molecular complexity index is 448. The van der Waals surface area contributed by atoms with Gasteiger partial charge in [-0.25, -0.2) is 0 Å². The Hall–Kier alpha value is -0.180. The van der Waals surface area contributed by atoms with E-state index in [0.29, 0.717) is 5.92 Å². The Morgan fingerprint density at radius 2 is 2.11 bits per heavy atom. The average molecular weight is 296 g/mol. The molecular formula is C16H22ClNS. The van der Waals surface area contributed by atoms with Crippen LogP contribution in [0.25, 0.3) is 0 Å². The largest absolute Gasteiger partial charge is 0.330 e. The Morgan fingerprint density at radius 1 is 1.32 bits per heavy atom. The first-order valence-corrected chi connectivity index (χ1v) is 8.86. The predicted molar refractivity (Wildman–Crippen MR) is 85.3 cm³/mol. The van der Waals surface area contributed by atoms with E-state index >= 15 is 0 Å². The molecule has 0 aromatic heterocycles. The van der Waals surface area contributed by atoms with Crippen molar-refractivity contribution in [3.05, 3.63) is 34.3 Å². The number of hydrogen-bond donors (Lipinski definition) is 1. The summed E-state index contributed by atoms with van der Waals surface area (Å²) in [5, 5.41) is 0.963. The van der Waals surface area contributed by atoms with Crippen LogP contribution in [-0.2, 0) is 5.41 Å². The normalized spacial score (nSPS) is 25.9. The van der Waals surface area contributed by atoms with E-state index in [4.69, 9.17) is 17.3 Å². The first-order chi connectivity index (χ1) is 9.25. The number of thioether (sulfide) groups is 1. The molecule has 2 N–H and O–H groups in total. The molecule has 1 aliphatic carbocycles. The van der Waals surface area contributed by atoms with Crippen LogP contribution in [-0.4, -0.2) is 18.1 Å². The summed E-state index contributed by atoms with van der Waals surface area (Å²) >= 11 is 8.60. The van der Waals surface area contributed by atoms with Crippen LogP contribution in [0.2, 0.25) is 5.02 Å². The van der Waals surface area contributed by atoms with Gasteiger partial charge in [-0.1, -0.05) is 36.6 Å². The lowest BCUT2D eigenvalue weighted by molar-refractivity contribution is 0.453. The Labute approximate surface area is 125 Å². The van der Waals surface area contributed by atoms with Crippen molar-refractivity contribution < 1.29 is 0 Å². The van der Waals surface area contributed by atoms with Crippen molar-refractivity contribution in [1.29, 1.82) is 0 Å². The van der Waals surface area contributed by atoms with E-state index in [1.54, 1.807) is 0 Å². The molecule has 2 aliphatic rings. The Morgan fingerprint density at radius 3 is 2.68 bits per heavy atom. The fourth-order valence-electron chi connectivity index (χ4n) is 3.63. The van der Waals surface area contributed by atoms with E-state index in [0.717, 1.165) is 11.6 Å². The van der Waals surface area contributed by atoms with Gasteiger partial charge in [-0.15, -0.1) is 0 Å². The zero-order valence-corrected chi connectivity index (χ0v) is 12.9. The molecule has 3 rings (SSSR count). The fourth-order valence-corrected chi connectivity index (χ4v) is 5.21. The van der Waals surface area contributed by atoms with E-state index in [1.807, 2.05) is 11.8 Å². The lowest BCUT2D eigenvalue weighted by Gasteiger charge is -2.28. The molecule has 19 heavy (non-hydrogen) atoms. The highest BCUT2D eigenvalue weighted by atomic mass is 35.5. The van der Waals surface area contributed by atoms with E-state index in [-0.39, 0.29) is 5.41 Å². The molecule has 0 radical (unpaired) electrons. The summed E-state index contributed by atoms with van der Waals surface area (Å²) in [6, 6.07) is 6.77. The Kier molecular flexibility index (Phi) is 4.11. The number of benzene rings is 1. The first-order valence-electron chi connectivity index (χ1n) is 7.33. The zero-order chi connectivity index (χ0) is 13.3. The van der Waals surface area contributed by atoms with Gasteiger partial charge in [0.25, 0.3) is 0 Å². The Balaban J connectivity index is 1.90. The smallest absolute Gasteiger partial charge is 0.0444 e. The number of nitrogens with two attached hydrogens (primary N) is 1. The second-order valence-electron chi connectivity index (χ2n) is 5.99. The summed E-state index contributed by atoms with van der Waals surface area (Å²) in [5.41, 5.74) is 8.98. The highest BCUT2D eigenvalue weighted by Crippen LogP contribution is 2.43. The van der Waals surface area contributed by atoms with Crippen LogP contribution in [0.5, 0.6) is 0 Å². The lowest BCUT2D eigenvalue weighted by atomic mass is 9.78. The summed E-state index contributed by atoms with van der Waals surface area (Å²) in [6.07, 6.45) is 6.31. The van der Waals surface area contributed by atoms with Crippen molar-refractivity contribution in [3.8, 4) is 0 Å². The average Bonchev–Trinajstić information content (AvgIpc) is 3.11. The summed E-state index contributed by atoms with van der Waals surface area (Å²) in [6.45, 7) is 0.752. The minimum atomic E-state index is 0.201. The molecule has 1 aromatic carbocycles. The molecule has 1 aromatic rings. The van der Waals surface area contributed by atoms with E-state index in [1.165, 1.54) is 54.7 Å². The molecule has 0 spiro atoms. The van der Waals surface area contributed by atoms with Crippen LogP contribution in [0.15, 0.2) is 18.2 Å². The molecule has 1 unspecified atom stereocenters. The highest BCUT2D eigenvalue weighted by Gasteiger charge is 2.34. The molecular weight excluding hydrogens is 274 g/mol. The molecule has 1 nitrogen and oxygen atoms in total. The first kappa shape index (κ1) is 13.8. The maximum atomic E-state index is 6.56. The zero-order valence-electron chi connectivity index (χ0n) is 11.3. The number of rotatable bonds is 3. The minimum Gasteiger partial charge on any atom is -0.330 e. The molecule has 104 valence electrons. The van der Waals surface area contributed by atoms with Crippen molar-refractivity contribution in [3.63, 3.8) is 0 Å². The fraction of sp³-hybridized carbons (Fsp3) is 0.625. The highest BCUT2D eigenvalue weighted by molar-refractivity contribution is 7.99.